The highest BCUT2D eigenvalue weighted by Crippen LogP contribution is 1.94. The Kier molecular flexibility index (Phi) is 8.15. The fraction of sp³-hybridized carbons (Fsp3) is 1.00. The number of nitrogens with one attached hydrogen (secondary N) is 1. The molecule has 0 amide bonds. The Bertz CT molecular complexity index is 110. The van der Waals surface area contributed by atoms with Crippen molar-refractivity contribution in [1.29, 1.82) is 0 Å². The van der Waals surface area contributed by atoms with Crippen molar-refractivity contribution in [2.75, 3.05) is 20.2 Å². The van der Waals surface area contributed by atoms with E-state index < -0.39 is 11.4 Å². The summed E-state index contributed by atoms with van der Waals surface area (Å²) in [4.78, 5) is 0. The molecule has 0 aromatic carbocycles. The van der Waals surface area contributed by atoms with Gasteiger partial charge in [-0.25, -0.2) is 4.21 Å². The van der Waals surface area contributed by atoms with E-state index in [0.29, 0.717) is 6.61 Å². The van der Waals surface area contributed by atoms with E-state index in [1.807, 2.05) is 7.05 Å². The lowest BCUT2D eigenvalue weighted by atomic mass is 10.2. The number of unbranched alkanes of at least 4 members (excludes halogenated alkanes) is 2. The lowest BCUT2D eigenvalue weighted by molar-refractivity contribution is 0.291. The van der Waals surface area contributed by atoms with E-state index >= 15 is 0 Å². The van der Waals surface area contributed by atoms with Gasteiger partial charge in [-0.05, 0) is 32.9 Å². The van der Waals surface area contributed by atoms with E-state index in [9.17, 15) is 8.76 Å². The molecule has 0 rings (SSSR count). The maximum absolute atomic E-state index is 9.85. The van der Waals surface area contributed by atoms with Crippen LogP contribution in [0.15, 0.2) is 0 Å². The molecular weight excluding hydrogens is 166 g/mol. The normalized spacial score (nSPS) is 13.3. The number of rotatable bonds is 7. The molecule has 0 saturated carbocycles. The fourth-order valence-corrected chi connectivity index (χ4v) is 0.962. The highest BCUT2D eigenvalue weighted by Gasteiger charge is 1.88. The van der Waals surface area contributed by atoms with Gasteiger partial charge in [0.15, 0.2) is 0 Å². The molecule has 0 aliphatic carbocycles. The van der Waals surface area contributed by atoms with E-state index in [-0.39, 0.29) is 0 Å². The molecular formula is C6H14NO3S-. The van der Waals surface area contributed by atoms with Gasteiger partial charge in [0.2, 0.25) is 0 Å². The van der Waals surface area contributed by atoms with Crippen molar-refractivity contribution >= 4 is 11.4 Å². The van der Waals surface area contributed by atoms with Crippen LogP contribution in [0.25, 0.3) is 0 Å². The molecule has 1 N–H and O–H groups in total. The largest absolute Gasteiger partial charge is 0.750 e. The first-order valence-corrected chi connectivity index (χ1v) is 4.64. The first-order chi connectivity index (χ1) is 5.27. The maximum atomic E-state index is 9.85. The van der Waals surface area contributed by atoms with Crippen molar-refractivity contribution in [3.63, 3.8) is 0 Å². The SMILES string of the molecule is CNCCCCCOS(=O)[O-]. The van der Waals surface area contributed by atoms with Gasteiger partial charge in [0.05, 0.1) is 18.0 Å². The standard InChI is InChI=1S/C6H15NO3S/c1-7-5-3-2-4-6-10-11(8)9/h7H,2-6H2,1H3,(H,8,9)/p-1. The summed E-state index contributed by atoms with van der Waals surface area (Å²) in [7, 11) is 1.89. The monoisotopic (exact) mass is 180 g/mol. The minimum Gasteiger partial charge on any atom is -0.750 e. The summed E-state index contributed by atoms with van der Waals surface area (Å²) >= 11 is -2.34. The van der Waals surface area contributed by atoms with E-state index in [4.69, 9.17) is 0 Å². The van der Waals surface area contributed by atoms with E-state index in [0.717, 1.165) is 25.8 Å². The molecule has 0 aromatic rings. The zero-order chi connectivity index (χ0) is 8.53. The van der Waals surface area contributed by atoms with Gasteiger partial charge in [0.25, 0.3) is 0 Å². The second-order valence-corrected chi connectivity index (χ2v) is 2.83. The van der Waals surface area contributed by atoms with Crippen LogP contribution in [0.2, 0.25) is 0 Å². The van der Waals surface area contributed by atoms with Gasteiger partial charge in [-0.2, -0.15) is 0 Å². The molecule has 0 spiro atoms. The van der Waals surface area contributed by atoms with Crippen LogP contribution in [-0.4, -0.2) is 29.0 Å². The third kappa shape index (κ3) is 10.0. The smallest absolute Gasteiger partial charge is 0.0842 e. The Labute approximate surface area is 69.8 Å². The predicted molar refractivity (Wildman–Crippen MR) is 42.6 cm³/mol. The van der Waals surface area contributed by atoms with Crippen molar-refractivity contribution in [1.82, 2.24) is 5.32 Å². The van der Waals surface area contributed by atoms with Gasteiger partial charge in [0.1, 0.15) is 0 Å². The highest BCUT2D eigenvalue weighted by molar-refractivity contribution is 7.74. The van der Waals surface area contributed by atoms with Crippen molar-refractivity contribution < 1.29 is 12.9 Å². The third-order valence-corrected chi connectivity index (χ3v) is 1.61. The van der Waals surface area contributed by atoms with E-state index in [1.165, 1.54) is 0 Å². The van der Waals surface area contributed by atoms with Crippen LogP contribution in [0.5, 0.6) is 0 Å². The van der Waals surface area contributed by atoms with Gasteiger partial charge in [-0.1, -0.05) is 0 Å². The van der Waals surface area contributed by atoms with Gasteiger partial charge in [-0.15, -0.1) is 0 Å². The highest BCUT2D eigenvalue weighted by atomic mass is 32.2. The zero-order valence-electron chi connectivity index (χ0n) is 6.67. The minimum atomic E-state index is -2.34. The summed E-state index contributed by atoms with van der Waals surface area (Å²) in [5.41, 5.74) is 0. The molecule has 0 bridgehead atoms. The summed E-state index contributed by atoms with van der Waals surface area (Å²) in [6, 6.07) is 0. The molecule has 0 saturated heterocycles. The lowest BCUT2D eigenvalue weighted by Crippen LogP contribution is -2.07. The Balaban J connectivity index is 2.85. The van der Waals surface area contributed by atoms with Gasteiger partial charge in [-0.3, -0.25) is 0 Å². The van der Waals surface area contributed by atoms with Crippen molar-refractivity contribution in [3.8, 4) is 0 Å². The Morgan fingerprint density at radius 1 is 1.45 bits per heavy atom. The first-order valence-electron chi connectivity index (χ1n) is 3.64. The second kappa shape index (κ2) is 8.13. The number of hydrogen-bond donors (Lipinski definition) is 1. The van der Waals surface area contributed by atoms with Gasteiger partial charge in [0, 0.05) is 0 Å². The van der Waals surface area contributed by atoms with Crippen molar-refractivity contribution in [2.45, 2.75) is 19.3 Å². The molecule has 5 heteroatoms. The molecule has 0 aliphatic heterocycles. The van der Waals surface area contributed by atoms with E-state index in [2.05, 4.69) is 9.50 Å². The summed E-state index contributed by atoms with van der Waals surface area (Å²) in [6.45, 7) is 1.28. The third-order valence-electron chi connectivity index (χ3n) is 1.25. The zero-order valence-corrected chi connectivity index (χ0v) is 7.49. The summed E-state index contributed by atoms with van der Waals surface area (Å²) in [6.07, 6.45) is 2.86. The van der Waals surface area contributed by atoms with Crippen molar-refractivity contribution in [3.05, 3.63) is 0 Å². The fourth-order valence-electron chi connectivity index (χ4n) is 0.708. The molecule has 68 valence electrons. The summed E-state index contributed by atoms with van der Waals surface area (Å²) in [5, 5.41) is 3.00. The molecule has 4 nitrogen and oxygen atoms in total. The molecule has 0 radical (unpaired) electrons. The second-order valence-electron chi connectivity index (χ2n) is 2.19. The van der Waals surface area contributed by atoms with E-state index in [1.54, 1.807) is 0 Å². The maximum Gasteiger partial charge on any atom is 0.0842 e. The van der Waals surface area contributed by atoms with Crippen molar-refractivity contribution in [2.24, 2.45) is 0 Å². The van der Waals surface area contributed by atoms with Crippen LogP contribution in [0, 0.1) is 0 Å². The quantitative estimate of drug-likeness (QED) is 0.448. The Morgan fingerprint density at radius 2 is 2.18 bits per heavy atom. The first kappa shape index (κ1) is 11.0. The van der Waals surface area contributed by atoms with Gasteiger partial charge >= 0.3 is 0 Å². The average molecular weight is 180 g/mol. The van der Waals surface area contributed by atoms with Gasteiger partial charge < -0.3 is 14.1 Å². The molecule has 1 unspecified atom stereocenters. The van der Waals surface area contributed by atoms with Crippen LogP contribution >= 0.6 is 0 Å². The minimum absolute atomic E-state index is 0.305. The summed E-state index contributed by atoms with van der Waals surface area (Å²) in [5.74, 6) is 0. The van der Waals surface area contributed by atoms with Crippen LogP contribution in [0.3, 0.4) is 0 Å². The number of hydrogen-bond acceptors (Lipinski definition) is 4. The Hall–Kier alpha value is 0.0300. The van der Waals surface area contributed by atoms with Crippen LogP contribution in [-0.2, 0) is 15.5 Å². The lowest BCUT2D eigenvalue weighted by Gasteiger charge is -2.04. The average Bonchev–Trinajstić information content (AvgIpc) is 1.96. The van der Waals surface area contributed by atoms with Crippen LogP contribution in [0.4, 0.5) is 0 Å². The van der Waals surface area contributed by atoms with Crippen LogP contribution in [0.1, 0.15) is 19.3 Å². The molecule has 0 heterocycles. The molecule has 0 aromatic heterocycles. The Morgan fingerprint density at radius 3 is 2.73 bits per heavy atom. The molecule has 0 fully saturated rings. The molecule has 0 aliphatic rings. The molecule has 11 heavy (non-hydrogen) atoms. The van der Waals surface area contributed by atoms with Crippen LogP contribution < -0.4 is 5.32 Å². The molecule has 1 atom stereocenters. The summed E-state index contributed by atoms with van der Waals surface area (Å²) < 4.78 is 24.0. The predicted octanol–water partition coefficient (Wildman–Crippen LogP) is 0.187. The topological polar surface area (TPSA) is 61.4 Å².